The number of anilines is 1. The van der Waals surface area contributed by atoms with Crippen molar-refractivity contribution in [2.75, 3.05) is 5.32 Å². The minimum absolute atomic E-state index is 0.0672. The number of hydrogen-bond acceptors (Lipinski definition) is 5. The van der Waals surface area contributed by atoms with E-state index >= 15 is 0 Å². The number of pyridine rings is 1. The number of carbonyl (C=O) groups excluding carboxylic acids is 1. The molecule has 2 heterocycles. The first-order valence-electron chi connectivity index (χ1n) is 9.46. The lowest BCUT2D eigenvalue weighted by Gasteiger charge is -2.14. The highest BCUT2D eigenvalue weighted by Crippen LogP contribution is 2.28. The van der Waals surface area contributed by atoms with Crippen LogP contribution in [0.5, 0.6) is 0 Å². The number of rotatable bonds is 6. The number of nitrogens with zero attached hydrogens (tertiary/aromatic N) is 4. The van der Waals surface area contributed by atoms with Crippen LogP contribution in [-0.4, -0.2) is 30.9 Å². The van der Waals surface area contributed by atoms with Crippen molar-refractivity contribution in [3.05, 3.63) is 67.0 Å². The molecule has 0 spiro atoms. The van der Waals surface area contributed by atoms with Gasteiger partial charge in [-0.25, -0.2) is 0 Å². The zero-order chi connectivity index (χ0) is 20.2. The molecule has 0 saturated heterocycles. The number of thioether (sulfide) groups is 1. The summed E-state index contributed by atoms with van der Waals surface area (Å²) in [5.74, 6) is 0.710. The molecule has 0 aliphatic heterocycles. The van der Waals surface area contributed by atoms with Gasteiger partial charge < -0.3 is 9.88 Å². The van der Waals surface area contributed by atoms with Crippen LogP contribution >= 0.6 is 11.8 Å². The molecule has 146 valence electrons. The Bertz CT molecular complexity index is 1140. The summed E-state index contributed by atoms with van der Waals surface area (Å²) in [4.78, 5) is 16.9. The smallest absolute Gasteiger partial charge is 0.237 e. The number of nitrogens with one attached hydrogen (secondary N) is 1. The molecular weight excluding hydrogens is 382 g/mol. The third-order valence-corrected chi connectivity index (χ3v) is 5.75. The van der Waals surface area contributed by atoms with Gasteiger partial charge >= 0.3 is 0 Å². The Labute approximate surface area is 173 Å². The lowest BCUT2D eigenvalue weighted by atomic mass is 10.1. The van der Waals surface area contributed by atoms with Crippen molar-refractivity contribution in [3.63, 3.8) is 0 Å². The molecule has 6 nitrogen and oxygen atoms in total. The van der Waals surface area contributed by atoms with Crippen LogP contribution in [0.4, 0.5) is 5.69 Å². The predicted molar refractivity (Wildman–Crippen MR) is 117 cm³/mol. The van der Waals surface area contributed by atoms with Crippen molar-refractivity contribution in [2.45, 2.75) is 30.8 Å². The summed E-state index contributed by atoms with van der Waals surface area (Å²) in [5.41, 5.74) is 1.77. The second kappa shape index (κ2) is 8.45. The Morgan fingerprint density at radius 2 is 1.83 bits per heavy atom. The van der Waals surface area contributed by atoms with Gasteiger partial charge in [0.2, 0.25) is 5.91 Å². The van der Waals surface area contributed by atoms with E-state index < -0.39 is 0 Å². The average Bonchev–Trinajstić information content (AvgIpc) is 3.17. The number of amides is 1. The van der Waals surface area contributed by atoms with E-state index in [1.54, 1.807) is 12.4 Å². The van der Waals surface area contributed by atoms with Crippen LogP contribution in [0.25, 0.3) is 22.2 Å². The zero-order valence-corrected chi connectivity index (χ0v) is 17.1. The molecule has 4 rings (SSSR count). The molecule has 0 aliphatic rings. The minimum Gasteiger partial charge on any atom is -0.325 e. The normalized spacial score (nSPS) is 12.1. The summed E-state index contributed by atoms with van der Waals surface area (Å²) in [5, 5.41) is 14.2. The standard InChI is InChI=1S/C22H21N5OS/c1-3-27-20(17-11-13-23-14-12-17)25-26-22(27)29-15(2)21(28)24-19-10-6-8-16-7-4-5-9-18(16)19/h4-15H,3H2,1-2H3,(H,24,28). The van der Waals surface area contributed by atoms with Crippen molar-refractivity contribution < 1.29 is 4.79 Å². The first-order valence-corrected chi connectivity index (χ1v) is 10.3. The van der Waals surface area contributed by atoms with Crippen molar-refractivity contribution in [1.82, 2.24) is 19.7 Å². The maximum absolute atomic E-state index is 12.8. The van der Waals surface area contributed by atoms with Crippen LogP contribution in [0.2, 0.25) is 0 Å². The van der Waals surface area contributed by atoms with Gasteiger partial charge in [-0.05, 0) is 37.4 Å². The van der Waals surface area contributed by atoms with Gasteiger partial charge in [-0.3, -0.25) is 9.78 Å². The second-order valence-corrected chi connectivity index (χ2v) is 7.87. The highest BCUT2D eigenvalue weighted by atomic mass is 32.2. The lowest BCUT2D eigenvalue weighted by Crippen LogP contribution is -2.23. The van der Waals surface area contributed by atoms with Gasteiger partial charge in [0.15, 0.2) is 11.0 Å². The fourth-order valence-electron chi connectivity index (χ4n) is 3.16. The number of carbonyl (C=O) groups is 1. The lowest BCUT2D eigenvalue weighted by molar-refractivity contribution is -0.115. The van der Waals surface area contributed by atoms with Crippen LogP contribution in [0.15, 0.2) is 72.1 Å². The Morgan fingerprint density at radius 1 is 1.07 bits per heavy atom. The van der Waals surface area contributed by atoms with Crippen LogP contribution in [0, 0.1) is 0 Å². The minimum atomic E-state index is -0.325. The summed E-state index contributed by atoms with van der Waals surface area (Å²) in [6.45, 7) is 4.63. The Morgan fingerprint density at radius 3 is 2.62 bits per heavy atom. The molecule has 4 aromatic rings. The number of benzene rings is 2. The second-order valence-electron chi connectivity index (χ2n) is 6.56. The van der Waals surface area contributed by atoms with Gasteiger partial charge in [0, 0.05) is 35.6 Å². The first-order chi connectivity index (χ1) is 14.2. The third kappa shape index (κ3) is 4.00. The number of fused-ring (bicyclic) bond motifs is 1. The molecule has 2 aromatic heterocycles. The summed E-state index contributed by atoms with van der Waals surface area (Å²) in [6, 6.07) is 17.7. The third-order valence-electron chi connectivity index (χ3n) is 4.67. The molecule has 29 heavy (non-hydrogen) atoms. The SMILES string of the molecule is CCn1c(SC(C)C(=O)Nc2cccc3ccccc23)nnc1-c1ccncc1. The van der Waals surface area contributed by atoms with E-state index in [0.29, 0.717) is 6.54 Å². The number of hydrogen-bond donors (Lipinski definition) is 1. The summed E-state index contributed by atoms with van der Waals surface area (Å²) in [6.07, 6.45) is 3.47. The topological polar surface area (TPSA) is 72.7 Å². The Hall–Kier alpha value is -3.19. The van der Waals surface area contributed by atoms with Crippen molar-refractivity contribution in [2.24, 2.45) is 0 Å². The largest absolute Gasteiger partial charge is 0.325 e. The molecule has 1 unspecified atom stereocenters. The molecule has 1 N–H and O–H groups in total. The fraction of sp³-hybridized carbons (Fsp3) is 0.182. The summed E-state index contributed by atoms with van der Waals surface area (Å²) in [7, 11) is 0. The molecule has 2 aromatic carbocycles. The maximum atomic E-state index is 12.8. The average molecular weight is 404 g/mol. The van der Waals surface area contributed by atoms with Crippen LogP contribution < -0.4 is 5.32 Å². The molecule has 1 amide bonds. The van der Waals surface area contributed by atoms with Crippen LogP contribution in [-0.2, 0) is 11.3 Å². The van der Waals surface area contributed by atoms with E-state index in [-0.39, 0.29) is 11.2 Å². The van der Waals surface area contributed by atoms with Crippen LogP contribution in [0.3, 0.4) is 0 Å². The Kier molecular flexibility index (Phi) is 5.57. The van der Waals surface area contributed by atoms with E-state index in [9.17, 15) is 4.79 Å². The van der Waals surface area contributed by atoms with Crippen molar-refractivity contribution >= 4 is 34.1 Å². The van der Waals surface area contributed by atoms with E-state index in [4.69, 9.17) is 0 Å². The monoisotopic (exact) mass is 403 g/mol. The van der Waals surface area contributed by atoms with Gasteiger partial charge in [-0.1, -0.05) is 48.2 Å². The number of aromatic nitrogens is 4. The molecule has 0 aliphatic carbocycles. The molecule has 0 radical (unpaired) electrons. The molecule has 1 atom stereocenters. The van der Waals surface area contributed by atoms with Crippen LogP contribution in [0.1, 0.15) is 13.8 Å². The van der Waals surface area contributed by atoms with Gasteiger partial charge in [0.1, 0.15) is 0 Å². The van der Waals surface area contributed by atoms with Gasteiger partial charge in [-0.2, -0.15) is 0 Å². The fourth-order valence-corrected chi connectivity index (χ4v) is 4.07. The summed E-state index contributed by atoms with van der Waals surface area (Å²) < 4.78 is 2.02. The van der Waals surface area contributed by atoms with Gasteiger partial charge in [-0.15, -0.1) is 10.2 Å². The van der Waals surface area contributed by atoms with Crippen molar-refractivity contribution in [1.29, 1.82) is 0 Å². The quantitative estimate of drug-likeness (QED) is 0.475. The molecule has 0 bridgehead atoms. The van der Waals surface area contributed by atoms with E-state index in [0.717, 1.165) is 33.0 Å². The van der Waals surface area contributed by atoms with E-state index in [1.165, 1.54) is 11.8 Å². The van der Waals surface area contributed by atoms with E-state index in [2.05, 4.69) is 20.5 Å². The molecule has 0 saturated carbocycles. The zero-order valence-electron chi connectivity index (χ0n) is 16.2. The predicted octanol–water partition coefficient (Wildman–Crippen LogP) is 4.63. The Balaban J connectivity index is 1.53. The van der Waals surface area contributed by atoms with Crippen molar-refractivity contribution in [3.8, 4) is 11.4 Å². The first kappa shape index (κ1) is 19.1. The summed E-state index contributed by atoms with van der Waals surface area (Å²) >= 11 is 1.40. The highest BCUT2D eigenvalue weighted by Gasteiger charge is 2.20. The molecule has 7 heteroatoms. The molecular formula is C22H21N5OS. The highest BCUT2D eigenvalue weighted by molar-refractivity contribution is 8.00. The van der Waals surface area contributed by atoms with Gasteiger partial charge in [0.25, 0.3) is 0 Å². The maximum Gasteiger partial charge on any atom is 0.237 e. The van der Waals surface area contributed by atoms with Gasteiger partial charge in [0.05, 0.1) is 5.25 Å². The molecule has 0 fully saturated rings. The van der Waals surface area contributed by atoms with E-state index in [1.807, 2.05) is 73.0 Å².